The molecule has 3 aromatic carbocycles. The minimum absolute atomic E-state index is 1.28. The van der Waals surface area contributed by atoms with Gasteiger partial charge in [0.2, 0.25) is 5.69 Å². The smallest absolute Gasteiger partial charge is 0.222 e. The van der Waals surface area contributed by atoms with Gasteiger partial charge in [0.15, 0.2) is 6.20 Å². The van der Waals surface area contributed by atoms with Gasteiger partial charge in [0.05, 0.1) is 21.9 Å². The van der Waals surface area contributed by atoms with E-state index in [9.17, 15) is 0 Å². The molecule has 0 saturated heterocycles. The number of aromatic nitrogens is 2. The van der Waals surface area contributed by atoms with E-state index in [4.69, 9.17) is 0 Å². The maximum Gasteiger partial charge on any atom is 0.222 e. The van der Waals surface area contributed by atoms with Gasteiger partial charge in [-0.1, -0.05) is 54.6 Å². The van der Waals surface area contributed by atoms with Crippen LogP contribution in [0.25, 0.3) is 49.4 Å². The van der Waals surface area contributed by atoms with Gasteiger partial charge in [-0.05, 0) is 24.6 Å². The Kier molecular flexibility index (Phi) is 2.77. The molecule has 6 aromatic rings. The molecule has 0 amide bonds. The predicted octanol–water partition coefficient (Wildman–Crippen LogP) is 5.64. The highest BCUT2D eigenvalue weighted by molar-refractivity contribution is 6.25. The Morgan fingerprint density at radius 3 is 2.33 bits per heavy atom. The number of fused-ring (bicyclic) bond motifs is 6. The zero-order chi connectivity index (χ0) is 18.1. The molecule has 0 bridgehead atoms. The molecule has 0 radical (unpaired) electrons. The van der Waals surface area contributed by atoms with Crippen molar-refractivity contribution < 1.29 is 4.57 Å². The third-order valence-electron chi connectivity index (χ3n) is 5.91. The lowest BCUT2D eigenvalue weighted by Gasteiger charge is -2.06. The fourth-order valence-corrected chi connectivity index (χ4v) is 4.72. The molecule has 0 aliphatic heterocycles. The average molecular weight is 347 g/mol. The molecule has 0 saturated carbocycles. The first kappa shape index (κ1) is 14.7. The van der Waals surface area contributed by atoms with E-state index in [1.807, 2.05) is 0 Å². The third-order valence-corrected chi connectivity index (χ3v) is 5.91. The van der Waals surface area contributed by atoms with Crippen LogP contribution in [-0.4, -0.2) is 4.40 Å². The number of nitrogens with zero attached hydrogens (tertiary/aromatic N) is 2. The van der Waals surface area contributed by atoms with Crippen LogP contribution in [0.2, 0.25) is 0 Å². The van der Waals surface area contributed by atoms with Crippen molar-refractivity contribution in [2.45, 2.75) is 6.92 Å². The number of rotatable bonds is 1. The second kappa shape index (κ2) is 5.08. The molecule has 3 aromatic heterocycles. The molecule has 0 aliphatic rings. The largest absolute Gasteiger partial charge is 0.307 e. The molecule has 0 fully saturated rings. The van der Waals surface area contributed by atoms with Crippen molar-refractivity contribution >= 4 is 38.1 Å². The van der Waals surface area contributed by atoms with Crippen LogP contribution >= 0.6 is 0 Å². The standard InChI is InChI=1S/C25H19N2/c1-16-8-3-4-9-17(16)25-23-20-12-7-11-19-18-10-5-6-13-21(18)27(24(19)20)22(23)14-15-26(25)2/h3-15H,1-2H3/q+1. The maximum atomic E-state index is 2.44. The lowest BCUT2D eigenvalue weighted by molar-refractivity contribution is -0.659. The van der Waals surface area contributed by atoms with Gasteiger partial charge >= 0.3 is 0 Å². The van der Waals surface area contributed by atoms with E-state index in [1.165, 1.54) is 54.9 Å². The van der Waals surface area contributed by atoms with Gasteiger partial charge in [-0.2, -0.15) is 0 Å². The summed E-state index contributed by atoms with van der Waals surface area (Å²) in [7, 11) is 2.15. The third kappa shape index (κ3) is 1.77. The molecule has 0 atom stereocenters. The van der Waals surface area contributed by atoms with Crippen LogP contribution in [0.15, 0.2) is 79.0 Å². The molecule has 2 heteroatoms. The van der Waals surface area contributed by atoms with Crippen LogP contribution in [0.4, 0.5) is 0 Å². The van der Waals surface area contributed by atoms with Crippen LogP contribution < -0.4 is 4.57 Å². The van der Waals surface area contributed by atoms with Gasteiger partial charge in [0.1, 0.15) is 7.05 Å². The van der Waals surface area contributed by atoms with Gasteiger partial charge in [0, 0.05) is 27.8 Å². The van der Waals surface area contributed by atoms with E-state index >= 15 is 0 Å². The number of benzene rings is 3. The summed E-state index contributed by atoms with van der Waals surface area (Å²) in [5.74, 6) is 0. The second-order valence-corrected chi connectivity index (χ2v) is 7.40. The van der Waals surface area contributed by atoms with E-state index in [1.54, 1.807) is 0 Å². The Labute approximate surface area is 157 Å². The first-order valence-electron chi connectivity index (χ1n) is 9.37. The summed E-state index contributed by atoms with van der Waals surface area (Å²) in [5, 5.41) is 5.32. The van der Waals surface area contributed by atoms with Gasteiger partial charge in [-0.3, -0.25) is 0 Å². The Hall–Kier alpha value is -3.39. The average Bonchev–Trinajstić information content (AvgIpc) is 3.21. The van der Waals surface area contributed by atoms with E-state index < -0.39 is 0 Å². The van der Waals surface area contributed by atoms with Crippen molar-refractivity contribution in [3.8, 4) is 11.3 Å². The van der Waals surface area contributed by atoms with Crippen molar-refractivity contribution in [3.05, 3.63) is 84.6 Å². The Morgan fingerprint density at radius 1 is 0.704 bits per heavy atom. The summed E-state index contributed by atoms with van der Waals surface area (Å²) in [6.07, 6.45) is 2.19. The molecule has 0 N–H and O–H groups in total. The first-order chi connectivity index (χ1) is 13.3. The lowest BCUT2D eigenvalue weighted by atomic mass is 9.99. The number of pyridine rings is 1. The van der Waals surface area contributed by atoms with Crippen LogP contribution in [0.1, 0.15) is 5.56 Å². The molecule has 27 heavy (non-hydrogen) atoms. The molecule has 2 nitrogen and oxygen atoms in total. The van der Waals surface area contributed by atoms with Gasteiger partial charge < -0.3 is 4.40 Å². The molecule has 128 valence electrons. The highest BCUT2D eigenvalue weighted by Crippen LogP contribution is 2.41. The molecular formula is C25H19N2+. The quantitative estimate of drug-likeness (QED) is 0.340. The van der Waals surface area contributed by atoms with Crippen molar-refractivity contribution in [2.24, 2.45) is 7.05 Å². The van der Waals surface area contributed by atoms with Crippen LogP contribution in [0.5, 0.6) is 0 Å². The molecule has 3 heterocycles. The van der Waals surface area contributed by atoms with Gasteiger partial charge in [-0.15, -0.1) is 0 Å². The lowest BCUT2D eigenvalue weighted by Crippen LogP contribution is -2.30. The fraction of sp³-hybridized carbons (Fsp3) is 0.0800. The molecular weight excluding hydrogens is 328 g/mol. The SMILES string of the molecule is Cc1ccccc1-c1c2c3cccc4c5ccccc5n(c2cc[n+]1C)c43. The van der Waals surface area contributed by atoms with Crippen molar-refractivity contribution in [3.63, 3.8) is 0 Å². The van der Waals surface area contributed by atoms with E-state index in [2.05, 4.69) is 102 Å². The summed E-state index contributed by atoms with van der Waals surface area (Å²) in [6, 6.07) is 26.4. The first-order valence-corrected chi connectivity index (χ1v) is 9.37. The van der Waals surface area contributed by atoms with Gasteiger partial charge in [0.25, 0.3) is 0 Å². The predicted molar refractivity (Wildman–Crippen MR) is 112 cm³/mol. The Bertz CT molecular complexity index is 1490. The monoisotopic (exact) mass is 347 g/mol. The Balaban J connectivity index is 1.94. The summed E-state index contributed by atoms with van der Waals surface area (Å²) in [4.78, 5) is 0. The van der Waals surface area contributed by atoms with Crippen molar-refractivity contribution in [2.75, 3.05) is 0 Å². The van der Waals surface area contributed by atoms with Crippen molar-refractivity contribution in [1.82, 2.24) is 4.40 Å². The van der Waals surface area contributed by atoms with E-state index in [0.717, 1.165) is 0 Å². The molecule has 0 aliphatic carbocycles. The summed E-state index contributed by atoms with van der Waals surface area (Å²) in [6.45, 7) is 2.19. The molecule has 0 unspecified atom stereocenters. The molecule has 0 spiro atoms. The van der Waals surface area contributed by atoms with E-state index in [-0.39, 0.29) is 0 Å². The second-order valence-electron chi connectivity index (χ2n) is 7.40. The highest BCUT2D eigenvalue weighted by atomic mass is 15.0. The number of hydrogen-bond donors (Lipinski definition) is 0. The minimum atomic E-state index is 1.28. The van der Waals surface area contributed by atoms with Crippen LogP contribution in [0, 0.1) is 6.92 Å². The van der Waals surface area contributed by atoms with Crippen LogP contribution in [0.3, 0.4) is 0 Å². The maximum absolute atomic E-state index is 2.44. The van der Waals surface area contributed by atoms with Gasteiger partial charge in [-0.25, -0.2) is 4.57 Å². The highest BCUT2D eigenvalue weighted by Gasteiger charge is 2.24. The van der Waals surface area contributed by atoms with Crippen LogP contribution in [-0.2, 0) is 7.05 Å². The zero-order valence-electron chi connectivity index (χ0n) is 15.4. The number of para-hydroxylation sites is 2. The minimum Gasteiger partial charge on any atom is -0.307 e. The summed E-state index contributed by atoms with van der Waals surface area (Å²) < 4.78 is 4.70. The number of aryl methyl sites for hydroxylation is 2. The topological polar surface area (TPSA) is 8.29 Å². The summed E-state index contributed by atoms with van der Waals surface area (Å²) >= 11 is 0. The zero-order valence-corrected chi connectivity index (χ0v) is 15.4. The van der Waals surface area contributed by atoms with Crippen molar-refractivity contribution in [1.29, 1.82) is 0 Å². The fourth-order valence-electron chi connectivity index (χ4n) is 4.72. The molecule has 6 rings (SSSR count). The summed E-state index contributed by atoms with van der Waals surface area (Å²) in [5.41, 5.74) is 7.77. The normalized spacial score (nSPS) is 12.1. The Morgan fingerprint density at radius 2 is 1.44 bits per heavy atom. The number of hydrogen-bond acceptors (Lipinski definition) is 0. The van der Waals surface area contributed by atoms with E-state index in [0.29, 0.717) is 0 Å².